The first-order valence-corrected chi connectivity index (χ1v) is 6.92. The van der Waals surface area contributed by atoms with Crippen molar-refractivity contribution in [2.45, 2.75) is 12.5 Å². The molecule has 18 heavy (non-hydrogen) atoms. The van der Waals surface area contributed by atoms with E-state index in [9.17, 15) is 0 Å². The molecule has 5 heteroatoms. The van der Waals surface area contributed by atoms with Crippen molar-refractivity contribution in [3.63, 3.8) is 0 Å². The molecular weight excluding hydrogens is 335 g/mol. The van der Waals surface area contributed by atoms with E-state index >= 15 is 0 Å². The second kappa shape index (κ2) is 6.02. The van der Waals surface area contributed by atoms with Gasteiger partial charge in [-0.05, 0) is 58.2 Å². The molecule has 0 aliphatic heterocycles. The maximum absolute atomic E-state index is 6.15. The van der Waals surface area contributed by atoms with Gasteiger partial charge in [-0.1, -0.05) is 23.2 Å². The summed E-state index contributed by atoms with van der Waals surface area (Å²) in [6, 6.07) is 8.92. The molecule has 94 valence electrons. The summed E-state index contributed by atoms with van der Waals surface area (Å²) >= 11 is 15.5. The quantitative estimate of drug-likeness (QED) is 0.895. The van der Waals surface area contributed by atoms with Gasteiger partial charge in [-0.25, -0.2) is 0 Å². The molecule has 0 saturated heterocycles. The molecule has 0 bridgehead atoms. The van der Waals surface area contributed by atoms with Gasteiger partial charge < -0.3 is 5.73 Å². The molecule has 1 atom stereocenters. The minimum atomic E-state index is -0.225. The summed E-state index contributed by atoms with van der Waals surface area (Å²) in [6.07, 6.45) is 2.31. The summed E-state index contributed by atoms with van der Waals surface area (Å²) in [5.74, 6) is 0. The molecule has 2 aromatic rings. The number of pyridine rings is 1. The van der Waals surface area contributed by atoms with Crippen molar-refractivity contribution in [1.82, 2.24) is 4.98 Å². The number of nitrogens with zero attached hydrogens (tertiary/aromatic N) is 1. The largest absolute Gasteiger partial charge is 0.322 e. The van der Waals surface area contributed by atoms with Crippen molar-refractivity contribution < 1.29 is 0 Å². The molecule has 0 aliphatic carbocycles. The lowest BCUT2D eigenvalue weighted by molar-refractivity contribution is 0.692. The fraction of sp³-hybridized carbons (Fsp3) is 0.154. The van der Waals surface area contributed by atoms with E-state index in [1.54, 1.807) is 18.3 Å². The number of benzene rings is 1. The first kappa shape index (κ1) is 13.8. The summed E-state index contributed by atoms with van der Waals surface area (Å²) in [5, 5.41) is 1.32. The first-order chi connectivity index (χ1) is 8.58. The van der Waals surface area contributed by atoms with Gasteiger partial charge in [0.05, 0.1) is 11.7 Å². The van der Waals surface area contributed by atoms with Crippen LogP contribution < -0.4 is 5.73 Å². The molecule has 1 unspecified atom stereocenters. The van der Waals surface area contributed by atoms with E-state index in [1.807, 2.05) is 18.2 Å². The third-order valence-electron chi connectivity index (χ3n) is 2.59. The fourth-order valence-electron chi connectivity index (χ4n) is 1.70. The molecule has 2 nitrogen and oxygen atoms in total. The standard InChI is InChI=1S/C13H11BrCl2N2/c14-10-2-1-5-18-13(10)12(17)7-8-6-9(15)3-4-11(8)16/h1-6,12H,7,17H2. The molecule has 0 aliphatic rings. The van der Waals surface area contributed by atoms with Crippen LogP contribution in [0.3, 0.4) is 0 Å². The van der Waals surface area contributed by atoms with E-state index in [0.29, 0.717) is 16.5 Å². The molecule has 0 radical (unpaired) electrons. The number of nitrogens with two attached hydrogens (primary N) is 1. The molecule has 1 aromatic heterocycles. The van der Waals surface area contributed by atoms with Crippen LogP contribution in [0.25, 0.3) is 0 Å². The number of hydrogen-bond donors (Lipinski definition) is 1. The minimum absolute atomic E-state index is 0.225. The van der Waals surface area contributed by atoms with Gasteiger partial charge in [0, 0.05) is 20.7 Å². The summed E-state index contributed by atoms with van der Waals surface area (Å²) < 4.78 is 0.899. The minimum Gasteiger partial charge on any atom is -0.322 e. The van der Waals surface area contributed by atoms with Crippen molar-refractivity contribution in [2.75, 3.05) is 0 Å². The Balaban J connectivity index is 2.24. The van der Waals surface area contributed by atoms with E-state index in [2.05, 4.69) is 20.9 Å². The summed E-state index contributed by atoms with van der Waals surface area (Å²) in [5.41, 5.74) is 7.89. The SMILES string of the molecule is NC(Cc1cc(Cl)ccc1Cl)c1ncccc1Br. The van der Waals surface area contributed by atoms with Gasteiger partial charge in [0.15, 0.2) is 0 Å². The average Bonchev–Trinajstić information content (AvgIpc) is 2.34. The summed E-state index contributed by atoms with van der Waals surface area (Å²) in [6.45, 7) is 0. The molecule has 0 spiro atoms. The van der Waals surface area contributed by atoms with Gasteiger partial charge in [-0.2, -0.15) is 0 Å². The predicted molar refractivity (Wildman–Crippen MR) is 79.0 cm³/mol. The lowest BCUT2D eigenvalue weighted by Crippen LogP contribution is -2.15. The highest BCUT2D eigenvalue weighted by atomic mass is 79.9. The van der Waals surface area contributed by atoms with Gasteiger partial charge in [-0.3, -0.25) is 4.98 Å². The lowest BCUT2D eigenvalue weighted by atomic mass is 10.0. The van der Waals surface area contributed by atoms with E-state index < -0.39 is 0 Å². The molecule has 0 saturated carbocycles. The lowest BCUT2D eigenvalue weighted by Gasteiger charge is -2.13. The zero-order chi connectivity index (χ0) is 13.1. The van der Waals surface area contributed by atoms with Crippen LogP contribution in [0.2, 0.25) is 10.0 Å². The van der Waals surface area contributed by atoms with E-state index in [1.165, 1.54) is 0 Å². The van der Waals surface area contributed by atoms with Crippen LogP contribution in [-0.4, -0.2) is 4.98 Å². The Kier molecular flexibility index (Phi) is 4.62. The number of aromatic nitrogens is 1. The molecular formula is C13H11BrCl2N2. The van der Waals surface area contributed by atoms with Crippen LogP contribution in [0.5, 0.6) is 0 Å². The van der Waals surface area contributed by atoms with Gasteiger partial charge >= 0.3 is 0 Å². The molecule has 1 heterocycles. The maximum Gasteiger partial charge on any atom is 0.0716 e. The van der Waals surface area contributed by atoms with Crippen molar-refractivity contribution in [3.05, 3.63) is 62.3 Å². The Morgan fingerprint density at radius 3 is 2.78 bits per heavy atom. The average molecular weight is 346 g/mol. The topological polar surface area (TPSA) is 38.9 Å². The smallest absolute Gasteiger partial charge is 0.0716 e. The predicted octanol–water partition coefficient (Wildman–Crippen LogP) is 4.39. The second-order valence-corrected chi connectivity index (χ2v) is 5.61. The number of hydrogen-bond acceptors (Lipinski definition) is 2. The van der Waals surface area contributed by atoms with Crippen LogP contribution in [0, 0.1) is 0 Å². The van der Waals surface area contributed by atoms with Gasteiger partial charge in [0.1, 0.15) is 0 Å². The third-order valence-corrected chi connectivity index (χ3v) is 3.86. The molecule has 2 N–H and O–H groups in total. The third kappa shape index (κ3) is 3.23. The fourth-order valence-corrected chi connectivity index (χ4v) is 2.64. The molecule has 1 aromatic carbocycles. The second-order valence-electron chi connectivity index (χ2n) is 3.92. The normalized spacial score (nSPS) is 12.4. The molecule has 0 fully saturated rings. The highest BCUT2D eigenvalue weighted by Gasteiger charge is 2.13. The zero-order valence-electron chi connectivity index (χ0n) is 9.41. The summed E-state index contributed by atoms with van der Waals surface area (Å²) in [4.78, 5) is 4.28. The maximum atomic E-state index is 6.15. The Labute approximate surface area is 124 Å². The number of halogens is 3. The van der Waals surface area contributed by atoms with Gasteiger partial charge in [-0.15, -0.1) is 0 Å². The van der Waals surface area contributed by atoms with Crippen molar-refractivity contribution in [1.29, 1.82) is 0 Å². The Hall–Kier alpha value is -0.610. The van der Waals surface area contributed by atoms with Crippen molar-refractivity contribution >= 4 is 39.1 Å². The molecule has 0 amide bonds. The first-order valence-electron chi connectivity index (χ1n) is 5.38. The van der Waals surface area contributed by atoms with Crippen LogP contribution in [0.1, 0.15) is 17.3 Å². The number of rotatable bonds is 3. The van der Waals surface area contributed by atoms with E-state index in [0.717, 1.165) is 15.7 Å². The van der Waals surface area contributed by atoms with Crippen LogP contribution in [-0.2, 0) is 6.42 Å². The Bertz CT molecular complexity index is 560. The van der Waals surface area contributed by atoms with Crippen LogP contribution in [0.4, 0.5) is 0 Å². The monoisotopic (exact) mass is 344 g/mol. The summed E-state index contributed by atoms with van der Waals surface area (Å²) in [7, 11) is 0. The van der Waals surface area contributed by atoms with Crippen LogP contribution >= 0.6 is 39.1 Å². The molecule has 2 rings (SSSR count). The highest BCUT2D eigenvalue weighted by molar-refractivity contribution is 9.10. The Morgan fingerprint density at radius 1 is 1.28 bits per heavy atom. The Morgan fingerprint density at radius 2 is 2.06 bits per heavy atom. The van der Waals surface area contributed by atoms with Gasteiger partial charge in [0.2, 0.25) is 0 Å². The van der Waals surface area contributed by atoms with Crippen LogP contribution in [0.15, 0.2) is 41.0 Å². The van der Waals surface area contributed by atoms with E-state index in [4.69, 9.17) is 28.9 Å². The zero-order valence-corrected chi connectivity index (χ0v) is 12.5. The van der Waals surface area contributed by atoms with E-state index in [-0.39, 0.29) is 6.04 Å². The highest BCUT2D eigenvalue weighted by Crippen LogP contribution is 2.27. The van der Waals surface area contributed by atoms with Gasteiger partial charge in [0.25, 0.3) is 0 Å². The van der Waals surface area contributed by atoms with Crippen molar-refractivity contribution in [3.8, 4) is 0 Å². The van der Waals surface area contributed by atoms with Crippen molar-refractivity contribution in [2.24, 2.45) is 5.73 Å².